The third kappa shape index (κ3) is 1.65. The lowest BCUT2D eigenvalue weighted by atomic mass is 9.97. The van der Waals surface area contributed by atoms with Gasteiger partial charge >= 0.3 is 0 Å². The van der Waals surface area contributed by atoms with E-state index < -0.39 is 0 Å². The highest BCUT2D eigenvalue weighted by Gasteiger charge is 2.05. The van der Waals surface area contributed by atoms with Crippen LogP contribution >= 0.6 is 0 Å². The summed E-state index contributed by atoms with van der Waals surface area (Å²) in [7, 11) is 0. The number of benzene rings is 1. The van der Waals surface area contributed by atoms with Crippen LogP contribution in [-0.4, -0.2) is 0 Å². The Bertz CT molecular complexity index is 320. The van der Waals surface area contributed by atoms with E-state index >= 15 is 0 Å². The molecular weight excluding hydrogens is 151 g/mol. The molecule has 0 aliphatic carbocycles. The molecule has 1 unspecified atom stereocenters. The summed E-state index contributed by atoms with van der Waals surface area (Å²) >= 11 is 0. The van der Waals surface area contributed by atoms with Gasteiger partial charge in [-0.25, -0.2) is 4.39 Å². The zero-order valence-electron chi connectivity index (χ0n) is 7.26. The molecule has 0 radical (unpaired) electrons. The maximum absolute atomic E-state index is 12.8. The van der Waals surface area contributed by atoms with E-state index in [1.807, 2.05) is 13.8 Å². The maximum Gasteiger partial charge on any atom is 0.123 e. The molecule has 0 bridgehead atoms. The van der Waals surface area contributed by atoms with Crippen molar-refractivity contribution >= 4 is 0 Å². The summed E-state index contributed by atoms with van der Waals surface area (Å²) in [6.45, 7) is 3.82. The molecule has 0 N–H and O–H groups in total. The van der Waals surface area contributed by atoms with Crippen molar-refractivity contribution in [3.05, 3.63) is 35.1 Å². The molecule has 0 spiro atoms. The van der Waals surface area contributed by atoms with Crippen LogP contribution in [0.3, 0.4) is 0 Å². The summed E-state index contributed by atoms with van der Waals surface area (Å²) < 4.78 is 12.8. The molecule has 12 heavy (non-hydrogen) atoms. The van der Waals surface area contributed by atoms with E-state index in [0.717, 1.165) is 11.1 Å². The molecule has 0 aromatic heterocycles. The Morgan fingerprint density at radius 2 is 2.17 bits per heavy atom. The molecule has 1 atom stereocenters. The van der Waals surface area contributed by atoms with Crippen molar-refractivity contribution in [3.63, 3.8) is 0 Å². The molecule has 0 aliphatic rings. The van der Waals surface area contributed by atoms with Crippen molar-refractivity contribution in [1.29, 1.82) is 0 Å². The summed E-state index contributed by atoms with van der Waals surface area (Å²) in [5, 5.41) is 0. The number of terminal acetylenes is 1. The smallest absolute Gasteiger partial charge is 0.123 e. The van der Waals surface area contributed by atoms with Crippen LogP contribution in [0.1, 0.15) is 24.0 Å². The Kier molecular flexibility index (Phi) is 2.50. The summed E-state index contributed by atoms with van der Waals surface area (Å²) in [6, 6.07) is 4.69. The van der Waals surface area contributed by atoms with Crippen molar-refractivity contribution < 1.29 is 4.39 Å². The molecule has 62 valence electrons. The van der Waals surface area contributed by atoms with Crippen molar-refractivity contribution in [3.8, 4) is 12.3 Å². The van der Waals surface area contributed by atoms with Crippen LogP contribution in [0.4, 0.5) is 4.39 Å². The summed E-state index contributed by atoms with van der Waals surface area (Å²) in [5.41, 5.74) is 1.94. The first-order valence-electron chi connectivity index (χ1n) is 3.87. The van der Waals surface area contributed by atoms with Gasteiger partial charge in [-0.05, 0) is 37.1 Å². The monoisotopic (exact) mass is 162 g/mol. The fourth-order valence-corrected chi connectivity index (χ4v) is 1.17. The number of hydrogen-bond acceptors (Lipinski definition) is 0. The summed E-state index contributed by atoms with van der Waals surface area (Å²) in [5.74, 6) is 2.34. The molecule has 1 rings (SSSR count). The van der Waals surface area contributed by atoms with E-state index in [-0.39, 0.29) is 11.7 Å². The molecule has 0 nitrogen and oxygen atoms in total. The zero-order valence-corrected chi connectivity index (χ0v) is 7.26. The van der Waals surface area contributed by atoms with Crippen LogP contribution in [-0.2, 0) is 0 Å². The minimum absolute atomic E-state index is 0.0132. The predicted octanol–water partition coefficient (Wildman–Crippen LogP) is 2.87. The lowest BCUT2D eigenvalue weighted by Crippen LogP contribution is -1.94. The predicted molar refractivity (Wildman–Crippen MR) is 48.4 cm³/mol. The van der Waals surface area contributed by atoms with Crippen molar-refractivity contribution in [1.82, 2.24) is 0 Å². The lowest BCUT2D eigenvalue weighted by Gasteiger charge is -2.07. The first-order valence-corrected chi connectivity index (χ1v) is 3.87. The molecule has 1 heteroatoms. The van der Waals surface area contributed by atoms with Crippen LogP contribution < -0.4 is 0 Å². The average Bonchev–Trinajstić information content (AvgIpc) is 2.08. The summed E-state index contributed by atoms with van der Waals surface area (Å²) in [4.78, 5) is 0. The fourth-order valence-electron chi connectivity index (χ4n) is 1.17. The van der Waals surface area contributed by atoms with E-state index in [0.29, 0.717) is 0 Å². The normalized spacial score (nSPS) is 12.2. The van der Waals surface area contributed by atoms with Gasteiger partial charge in [0.25, 0.3) is 0 Å². The van der Waals surface area contributed by atoms with Gasteiger partial charge in [-0.15, -0.1) is 6.42 Å². The Morgan fingerprint density at radius 3 is 2.75 bits per heavy atom. The first-order chi connectivity index (χ1) is 5.65. The lowest BCUT2D eigenvalue weighted by molar-refractivity contribution is 0.624. The average molecular weight is 162 g/mol. The molecule has 1 aromatic carbocycles. The zero-order chi connectivity index (χ0) is 9.14. The molecule has 0 aliphatic heterocycles. The van der Waals surface area contributed by atoms with Crippen LogP contribution in [0.2, 0.25) is 0 Å². The molecule has 0 fully saturated rings. The van der Waals surface area contributed by atoms with E-state index in [1.54, 1.807) is 6.07 Å². The van der Waals surface area contributed by atoms with Crippen molar-refractivity contribution in [2.45, 2.75) is 19.8 Å². The van der Waals surface area contributed by atoms with Crippen LogP contribution in [0, 0.1) is 25.1 Å². The first kappa shape index (κ1) is 8.80. The molecule has 0 amide bonds. The van der Waals surface area contributed by atoms with E-state index in [4.69, 9.17) is 6.42 Å². The topological polar surface area (TPSA) is 0 Å². The fraction of sp³-hybridized carbons (Fsp3) is 0.273. The molecule has 0 saturated heterocycles. The van der Waals surface area contributed by atoms with Gasteiger partial charge in [0, 0.05) is 5.92 Å². The Morgan fingerprint density at radius 1 is 1.50 bits per heavy atom. The van der Waals surface area contributed by atoms with Gasteiger partial charge in [0.15, 0.2) is 0 Å². The van der Waals surface area contributed by atoms with Gasteiger partial charge in [0.2, 0.25) is 0 Å². The third-order valence-corrected chi connectivity index (χ3v) is 1.96. The number of halogens is 1. The highest BCUT2D eigenvalue weighted by molar-refractivity contribution is 5.33. The van der Waals surface area contributed by atoms with Gasteiger partial charge in [-0.2, -0.15) is 0 Å². The number of hydrogen-bond donors (Lipinski definition) is 0. The minimum atomic E-state index is -0.224. The van der Waals surface area contributed by atoms with Gasteiger partial charge < -0.3 is 0 Å². The van der Waals surface area contributed by atoms with Gasteiger partial charge in [-0.3, -0.25) is 0 Å². The third-order valence-electron chi connectivity index (χ3n) is 1.96. The minimum Gasteiger partial charge on any atom is -0.207 e. The maximum atomic E-state index is 12.8. The molecular formula is C11H11F. The quantitative estimate of drug-likeness (QED) is 0.557. The Labute approximate surface area is 72.4 Å². The van der Waals surface area contributed by atoms with E-state index in [9.17, 15) is 4.39 Å². The second-order valence-electron chi connectivity index (χ2n) is 2.89. The molecule has 0 saturated carbocycles. The number of rotatable bonds is 1. The van der Waals surface area contributed by atoms with Gasteiger partial charge in [0.05, 0.1) is 0 Å². The van der Waals surface area contributed by atoms with Crippen LogP contribution in [0.5, 0.6) is 0 Å². The standard InChI is InChI=1S/C11H11F/c1-4-8(2)11-7-10(12)6-5-9(11)3/h1,5-8H,2-3H3. The van der Waals surface area contributed by atoms with E-state index in [2.05, 4.69) is 5.92 Å². The largest absolute Gasteiger partial charge is 0.207 e. The molecule has 1 aromatic rings. The highest BCUT2D eigenvalue weighted by Crippen LogP contribution is 2.19. The van der Waals surface area contributed by atoms with Gasteiger partial charge in [-0.1, -0.05) is 12.0 Å². The number of aryl methyl sites for hydroxylation is 1. The van der Waals surface area contributed by atoms with E-state index in [1.165, 1.54) is 12.1 Å². The van der Waals surface area contributed by atoms with Crippen molar-refractivity contribution in [2.75, 3.05) is 0 Å². The van der Waals surface area contributed by atoms with Crippen LogP contribution in [0.15, 0.2) is 18.2 Å². The second-order valence-corrected chi connectivity index (χ2v) is 2.89. The second kappa shape index (κ2) is 3.40. The highest BCUT2D eigenvalue weighted by atomic mass is 19.1. The Balaban J connectivity index is 3.15. The molecule has 0 heterocycles. The Hall–Kier alpha value is -1.29. The van der Waals surface area contributed by atoms with Crippen molar-refractivity contribution in [2.24, 2.45) is 0 Å². The van der Waals surface area contributed by atoms with Gasteiger partial charge in [0.1, 0.15) is 5.82 Å². The summed E-state index contributed by atoms with van der Waals surface area (Å²) in [6.07, 6.45) is 5.25. The SMILES string of the molecule is C#CC(C)c1cc(F)ccc1C. The van der Waals surface area contributed by atoms with Crippen LogP contribution in [0.25, 0.3) is 0 Å².